The molecule has 3 rings (SSSR count). The zero-order chi connectivity index (χ0) is 23.9. The molecule has 1 nitrogen and oxygen atoms in total. The van der Waals surface area contributed by atoms with Crippen LogP contribution in [0.4, 0.5) is 0 Å². The van der Waals surface area contributed by atoms with Crippen LogP contribution in [0.15, 0.2) is 24.3 Å². The van der Waals surface area contributed by atoms with Crippen molar-refractivity contribution in [2.45, 2.75) is 149 Å². The molecule has 2 aliphatic rings. The summed E-state index contributed by atoms with van der Waals surface area (Å²) >= 11 is 0. The molecule has 2 saturated carbocycles. The molecular formula is C33H56O. The van der Waals surface area contributed by atoms with Crippen molar-refractivity contribution in [2.24, 2.45) is 17.3 Å². The zero-order valence-electron chi connectivity index (χ0n) is 22.9. The molecule has 1 aromatic carbocycles. The van der Waals surface area contributed by atoms with Crippen LogP contribution in [0.5, 0.6) is 5.75 Å². The molecule has 2 aliphatic carbocycles. The van der Waals surface area contributed by atoms with Crippen LogP contribution in [-0.2, 0) is 6.42 Å². The third-order valence-electron chi connectivity index (χ3n) is 9.33. The van der Waals surface area contributed by atoms with Gasteiger partial charge in [0.05, 0.1) is 6.61 Å². The Hall–Kier alpha value is -0.980. The van der Waals surface area contributed by atoms with Gasteiger partial charge in [0.2, 0.25) is 0 Å². The molecular weight excluding hydrogens is 412 g/mol. The number of hydrogen-bond acceptors (Lipinski definition) is 1. The smallest absolute Gasteiger partial charge is 0.119 e. The highest BCUT2D eigenvalue weighted by Crippen LogP contribution is 2.49. The summed E-state index contributed by atoms with van der Waals surface area (Å²) in [4.78, 5) is 0. The summed E-state index contributed by atoms with van der Waals surface area (Å²) in [6.45, 7) is 5.52. The van der Waals surface area contributed by atoms with Crippen LogP contribution in [0.3, 0.4) is 0 Å². The quantitative estimate of drug-likeness (QED) is 0.219. The maximum Gasteiger partial charge on any atom is 0.119 e. The number of aryl methyl sites for hydroxylation is 1. The van der Waals surface area contributed by atoms with E-state index in [2.05, 4.69) is 38.1 Å². The first-order valence-corrected chi connectivity index (χ1v) is 15.5. The Kier molecular flexibility index (Phi) is 12.9. The molecule has 0 N–H and O–H groups in total. The van der Waals surface area contributed by atoms with E-state index in [4.69, 9.17) is 4.74 Å². The summed E-state index contributed by atoms with van der Waals surface area (Å²) in [5.74, 6) is 3.17. The molecule has 194 valence electrons. The van der Waals surface area contributed by atoms with Gasteiger partial charge < -0.3 is 4.74 Å². The lowest BCUT2D eigenvalue weighted by Crippen LogP contribution is -2.31. The molecule has 1 aromatic rings. The average Bonchev–Trinajstić information content (AvgIpc) is 2.88. The maximum absolute atomic E-state index is 6.20. The molecule has 34 heavy (non-hydrogen) atoms. The summed E-state index contributed by atoms with van der Waals surface area (Å²) in [5.41, 5.74) is 2.08. The lowest BCUT2D eigenvalue weighted by atomic mass is 9.62. The Bertz CT molecular complexity index is 618. The van der Waals surface area contributed by atoms with Crippen molar-refractivity contribution in [1.29, 1.82) is 0 Å². The van der Waals surface area contributed by atoms with E-state index in [1.54, 1.807) is 0 Å². The molecule has 0 aromatic heterocycles. The van der Waals surface area contributed by atoms with Gasteiger partial charge in [0.15, 0.2) is 0 Å². The van der Waals surface area contributed by atoms with Crippen molar-refractivity contribution in [1.82, 2.24) is 0 Å². The Morgan fingerprint density at radius 2 is 1.29 bits per heavy atom. The first-order valence-electron chi connectivity index (χ1n) is 15.5. The first kappa shape index (κ1) is 27.6. The topological polar surface area (TPSA) is 9.23 Å². The highest BCUT2D eigenvalue weighted by atomic mass is 16.5. The Morgan fingerprint density at radius 3 is 2.00 bits per heavy atom. The van der Waals surface area contributed by atoms with Crippen LogP contribution in [0.1, 0.15) is 148 Å². The fourth-order valence-electron chi connectivity index (χ4n) is 7.03. The molecule has 2 fully saturated rings. The molecule has 0 atom stereocenters. The molecule has 0 unspecified atom stereocenters. The molecule has 0 bridgehead atoms. The predicted molar refractivity (Wildman–Crippen MR) is 149 cm³/mol. The van der Waals surface area contributed by atoms with Crippen LogP contribution in [-0.4, -0.2) is 6.61 Å². The zero-order valence-corrected chi connectivity index (χ0v) is 22.9. The second kappa shape index (κ2) is 15.9. The van der Waals surface area contributed by atoms with Gasteiger partial charge in [-0.25, -0.2) is 0 Å². The maximum atomic E-state index is 6.20. The number of unbranched alkanes of at least 4 members (excludes halogenated alkanes) is 6. The molecule has 0 heterocycles. The van der Waals surface area contributed by atoms with Gasteiger partial charge in [0.25, 0.3) is 0 Å². The van der Waals surface area contributed by atoms with Crippen molar-refractivity contribution in [3.63, 3.8) is 0 Å². The lowest BCUT2D eigenvalue weighted by molar-refractivity contribution is 0.0777. The van der Waals surface area contributed by atoms with E-state index in [-0.39, 0.29) is 0 Å². The van der Waals surface area contributed by atoms with E-state index in [1.165, 1.54) is 140 Å². The number of ether oxygens (including phenoxy) is 1. The second-order valence-electron chi connectivity index (χ2n) is 12.0. The van der Waals surface area contributed by atoms with E-state index in [0.29, 0.717) is 5.41 Å². The Balaban J connectivity index is 1.38. The second-order valence-corrected chi connectivity index (χ2v) is 12.0. The van der Waals surface area contributed by atoms with E-state index in [0.717, 1.165) is 24.2 Å². The summed E-state index contributed by atoms with van der Waals surface area (Å²) in [7, 11) is 0. The number of rotatable bonds is 16. The summed E-state index contributed by atoms with van der Waals surface area (Å²) in [6, 6.07) is 8.98. The summed E-state index contributed by atoms with van der Waals surface area (Å²) < 4.78 is 6.20. The van der Waals surface area contributed by atoms with Crippen molar-refractivity contribution < 1.29 is 4.74 Å². The number of hydrogen-bond donors (Lipinski definition) is 0. The molecule has 0 radical (unpaired) electrons. The van der Waals surface area contributed by atoms with E-state index < -0.39 is 0 Å². The van der Waals surface area contributed by atoms with Gasteiger partial charge >= 0.3 is 0 Å². The fourth-order valence-corrected chi connectivity index (χ4v) is 7.03. The minimum Gasteiger partial charge on any atom is -0.494 e. The highest BCUT2D eigenvalue weighted by molar-refractivity contribution is 5.27. The van der Waals surface area contributed by atoms with Gasteiger partial charge in [-0.1, -0.05) is 103 Å². The van der Waals surface area contributed by atoms with Crippen LogP contribution < -0.4 is 4.74 Å². The standard InChI is InChI=1S/C33H56O/c1-3-5-7-8-10-15-29-18-20-32(21-19-29)34-28-14-25-33(24-13-6-4-2)26-22-31(23-27-33)30-16-11-9-12-17-30/h18-21,30-31H,3-17,22-28H2,1-2H3. The van der Waals surface area contributed by atoms with Gasteiger partial charge in [0.1, 0.15) is 5.75 Å². The molecule has 0 spiro atoms. The predicted octanol–water partition coefficient (Wildman–Crippen LogP) is 10.7. The third kappa shape index (κ3) is 9.58. The van der Waals surface area contributed by atoms with Crippen molar-refractivity contribution in [2.75, 3.05) is 6.61 Å². The van der Waals surface area contributed by atoms with Gasteiger partial charge in [-0.15, -0.1) is 0 Å². The largest absolute Gasteiger partial charge is 0.494 e. The van der Waals surface area contributed by atoms with E-state index in [1.807, 2.05) is 0 Å². The van der Waals surface area contributed by atoms with Gasteiger partial charge in [-0.2, -0.15) is 0 Å². The Labute approximate surface area is 212 Å². The summed E-state index contributed by atoms with van der Waals surface area (Å²) in [6.07, 6.45) is 29.8. The van der Waals surface area contributed by atoms with Crippen LogP contribution in [0, 0.1) is 17.3 Å². The minimum absolute atomic E-state index is 0.616. The highest BCUT2D eigenvalue weighted by Gasteiger charge is 2.37. The molecule has 0 amide bonds. The third-order valence-corrected chi connectivity index (χ3v) is 9.33. The van der Waals surface area contributed by atoms with Crippen molar-refractivity contribution in [3.8, 4) is 5.75 Å². The van der Waals surface area contributed by atoms with Gasteiger partial charge in [0, 0.05) is 0 Å². The van der Waals surface area contributed by atoms with Crippen LogP contribution in [0.25, 0.3) is 0 Å². The SMILES string of the molecule is CCCCCCCc1ccc(OCCCC2(CCCCC)CCC(C3CCCCC3)CC2)cc1. The average molecular weight is 469 g/mol. The minimum atomic E-state index is 0.616. The molecule has 0 saturated heterocycles. The Morgan fingerprint density at radius 1 is 0.676 bits per heavy atom. The number of benzene rings is 1. The normalized spacial score (nSPS) is 23.8. The van der Waals surface area contributed by atoms with Crippen molar-refractivity contribution >= 4 is 0 Å². The molecule has 0 aliphatic heterocycles. The van der Waals surface area contributed by atoms with Crippen LogP contribution >= 0.6 is 0 Å². The summed E-state index contributed by atoms with van der Waals surface area (Å²) in [5, 5.41) is 0. The molecule has 1 heteroatoms. The lowest BCUT2D eigenvalue weighted by Gasteiger charge is -2.43. The van der Waals surface area contributed by atoms with Gasteiger partial charge in [-0.05, 0) is 92.7 Å². The van der Waals surface area contributed by atoms with E-state index >= 15 is 0 Å². The van der Waals surface area contributed by atoms with Crippen molar-refractivity contribution in [3.05, 3.63) is 29.8 Å². The van der Waals surface area contributed by atoms with Crippen LogP contribution in [0.2, 0.25) is 0 Å². The fraction of sp³-hybridized carbons (Fsp3) is 0.818. The monoisotopic (exact) mass is 468 g/mol. The first-order chi connectivity index (χ1) is 16.7. The van der Waals surface area contributed by atoms with Gasteiger partial charge in [-0.3, -0.25) is 0 Å². The van der Waals surface area contributed by atoms with E-state index in [9.17, 15) is 0 Å².